The highest BCUT2D eigenvalue weighted by Gasteiger charge is 2.20. The van der Waals surface area contributed by atoms with Crippen LogP contribution in [0.5, 0.6) is 0 Å². The number of halogens is 1. The second-order valence-corrected chi connectivity index (χ2v) is 9.91. The van der Waals surface area contributed by atoms with Crippen molar-refractivity contribution >= 4 is 40.2 Å². The summed E-state index contributed by atoms with van der Waals surface area (Å²) in [5.41, 5.74) is 2.21. The molecule has 1 aliphatic heterocycles. The molecule has 0 saturated carbocycles. The van der Waals surface area contributed by atoms with E-state index in [1.54, 1.807) is 10.6 Å². The fraction of sp³-hybridized carbons (Fsp3) is 0.308. The molecule has 2 aromatic heterocycles. The molecule has 180 valence electrons. The third-order valence-corrected chi connectivity index (χ3v) is 7.33. The summed E-state index contributed by atoms with van der Waals surface area (Å²) in [6.07, 6.45) is 2.22. The third-order valence-electron chi connectivity index (χ3n) is 6.11. The summed E-state index contributed by atoms with van der Waals surface area (Å²) in [6, 6.07) is 14.8. The van der Waals surface area contributed by atoms with Crippen LogP contribution in [0.25, 0.3) is 22.4 Å². The summed E-state index contributed by atoms with van der Waals surface area (Å²) in [7, 11) is 0. The van der Waals surface area contributed by atoms with Crippen LogP contribution in [-0.2, 0) is 17.1 Å². The molecular formula is C26H25ClN4O3S. The lowest BCUT2D eigenvalue weighted by molar-refractivity contribution is -0.127. The second-order valence-electron chi connectivity index (χ2n) is 8.53. The molecule has 5 rings (SSSR count). The van der Waals surface area contributed by atoms with Crippen molar-refractivity contribution in [3.63, 3.8) is 0 Å². The number of hydrogen-bond acceptors (Lipinski definition) is 6. The average Bonchev–Trinajstić information content (AvgIpc) is 3.44. The van der Waals surface area contributed by atoms with Crippen molar-refractivity contribution in [2.45, 2.75) is 43.6 Å². The van der Waals surface area contributed by atoms with Crippen LogP contribution in [0.1, 0.15) is 30.7 Å². The number of carbonyl (C=O) groups excluding carboxylic acids is 1. The minimum absolute atomic E-state index is 0.0673. The van der Waals surface area contributed by atoms with Gasteiger partial charge in [-0.3, -0.25) is 14.2 Å². The number of amides is 1. The zero-order valence-corrected chi connectivity index (χ0v) is 20.9. The van der Waals surface area contributed by atoms with Gasteiger partial charge in [0, 0.05) is 42.4 Å². The van der Waals surface area contributed by atoms with Crippen molar-refractivity contribution in [1.82, 2.24) is 19.4 Å². The van der Waals surface area contributed by atoms with E-state index < -0.39 is 0 Å². The lowest BCUT2D eigenvalue weighted by Gasteiger charge is -2.17. The highest BCUT2D eigenvalue weighted by molar-refractivity contribution is 7.98. The Morgan fingerprint density at radius 3 is 2.74 bits per heavy atom. The molecule has 35 heavy (non-hydrogen) atoms. The Morgan fingerprint density at radius 2 is 1.94 bits per heavy atom. The predicted octanol–water partition coefficient (Wildman–Crippen LogP) is 5.32. The molecule has 2 aromatic carbocycles. The Labute approximate surface area is 212 Å². The minimum atomic E-state index is -0.0673. The van der Waals surface area contributed by atoms with E-state index in [2.05, 4.69) is 4.98 Å². The number of benzene rings is 2. The van der Waals surface area contributed by atoms with Crippen molar-refractivity contribution in [1.29, 1.82) is 0 Å². The number of hydrogen-bond donors (Lipinski definition) is 0. The zero-order chi connectivity index (χ0) is 24.4. The van der Waals surface area contributed by atoms with Gasteiger partial charge >= 0.3 is 0 Å². The van der Waals surface area contributed by atoms with E-state index in [1.807, 2.05) is 54.3 Å². The predicted molar refractivity (Wildman–Crippen MR) is 138 cm³/mol. The Bertz CT molecular complexity index is 1450. The van der Waals surface area contributed by atoms with Gasteiger partial charge < -0.3 is 9.32 Å². The highest BCUT2D eigenvalue weighted by atomic mass is 35.5. The standard InChI is InChI=1S/C26H25ClN4O3S/c1-17-22(28-24(34-17)18-7-4-8-19(27)15-18)16-35-26-29-21-10-3-2-9-20(21)25(33)31(26)14-6-13-30-12-5-11-23(30)32/h2-4,7-10,15H,5-6,11-14,16H2,1H3. The number of para-hydroxylation sites is 1. The SMILES string of the molecule is Cc1oc(-c2cccc(Cl)c2)nc1CSc1nc2ccccc2c(=O)n1CCCN1CCCC1=O. The van der Waals surface area contributed by atoms with Crippen LogP contribution >= 0.6 is 23.4 Å². The van der Waals surface area contributed by atoms with Gasteiger partial charge in [-0.2, -0.15) is 0 Å². The number of fused-ring (bicyclic) bond motifs is 1. The van der Waals surface area contributed by atoms with Gasteiger partial charge in [-0.15, -0.1) is 0 Å². The monoisotopic (exact) mass is 508 g/mol. The minimum Gasteiger partial charge on any atom is -0.441 e. The van der Waals surface area contributed by atoms with Crippen molar-refractivity contribution in [2.24, 2.45) is 0 Å². The number of carbonyl (C=O) groups is 1. The summed E-state index contributed by atoms with van der Waals surface area (Å²) >= 11 is 7.58. The average molecular weight is 509 g/mol. The summed E-state index contributed by atoms with van der Waals surface area (Å²) in [6.45, 7) is 3.82. The first-order chi connectivity index (χ1) is 17.0. The summed E-state index contributed by atoms with van der Waals surface area (Å²) < 4.78 is 7.61. The first kappa shape index (κ1) is 23.6. The molecule has 0 atom stereocenters. The summed E-state index contributed by atoms with van der Waals surface area (Å²) in [5, 5.41) is 1.84. The molecule has 7 nitrogen and oxygen atoms in total. The van der Waals surface area contributed by atoms with E-state index in [1.165, 1.54) is 11.8 Å². The van der Waals surface area contributed by atoms with Gasteiger partial charge in [-0.25, -0.2) is 9.97 Å². The topological polar surface area (TPSA) is 81.2 Å². The van der Waals surface area contributed by atoms with Crippen LogP contribution in [0.2, 0.25) is 5.02 Å². The third kappa shape index (κ3) is 5.13. The first-order valence-electron chi connectivity index (χ1n) is 11.6. The molecule has 0 aliphatic carbocycles. The maximum absolute atomic E-state index is 13.3. The molecule has 3 heterocycles. The molecule has 4 aromatic rings. The van der Waals surface area contributed by atoms with Crippen LogP contribution in [0, 0.1) is 6.92 Å². The molecular weight excluding hydrogens is 484 g/mol. The van der Waals surface area contributed by atoms with Crippen molar-refractivity contribution in [3.8, 4) is 11.5 Å². The smallest absolute Gasteiger partial charge is 0.262 e. The molecule has 1 fully saturated rings. The second kappa shape index (κ2) is 10.3. The van der Waals surface area contributed by atoms with Gasteiger partial charge in [0.2, 0.25) is 11.8 Å². The largest absolute Gasteiger partial charge is 0.441 e. The van der Waals surface area contributed by atoms with Crippen molar-refractivity contribution < 1.29 is 9.21 Å². The molecule has 1 saturated heterocycles. The molecule has 0 spiro atoms. The quantitative estimate of drug-likeness (QED) is 0.237. The first-order valence-corrected chi connectivity index (χ1v) is 13.0. The Balaban J connectivity index is 1.38. The Hall–Kier alpha value is -3.10. The molecule has 0 unspecified atom stereocenters. The fourth-order valence-corrected chi connectivity index (χ4v) is 5.47. The maximum atomic E-state index is 13.3. The maximum Gasteiger partial charge on any atom is 0.262 e. The van der Waals surface area contributed by atoms with Crippen LogP contribution in [0.4, 0.5) is 0 Å². The molecule has 1 aliphatic rings. The Kier molecular flexibility index (Phi) is 6.92. The molecule has 0 bridgehead atoms. The normalized spacial score (nSPS) is 13.8. The van der Waals surface area contributed by atoms with E-state index in [0.717, 1.165) is 30.0 Å². The van der Waals surface area contributed by atoms with E-state index >= 15 is 0 Å². The van der Waals surface area contributed by atoms with Crippen molar-refractivity contribution in [3.05, 3.63) is 75.4 Å². The van der Waals surface area contributed by atoms with Crippen LogP contribution in [0.3, 0.4) is 0 Å². The van der Waals surface area contributed by atoms with Gasteiger partial charge in [-0.05, 0) is 50.1 Å². The summed E-state index contributed by atoms with van der Waals surface area (Å²) in [5.74, 6) is 1.93. The number of nitrogens with zero attached hydrogens (tertiary/aromatic N) is 4. The van der Waals surface area contributed by atoms with E-state index in [0.29, 0.717) is 58.7 Å². The highest BCUT2D eigenvalue weighted by Crippen LogP contribution is 2.28. The number of likely N-dealkylation sites (tertiary alicyclic amines) is 1. The summed E-state index contributed by atoms with van der Waals surface area (Å²) in [4.78, 5) is 36.6. The van der Waals surface area contributed by atoms with Gasteiger partial charge in [0.05, 0.1) is 16.6 Å². The van der Waals surface area contributed by atoms with Gasteiger partial charge in [0.1, 0.15) is 5.76 Å². The van der Waals surface area contributed by atoms with Gasteiger partial charge in [-0.1, -0.05) is 41.6 Å². The van der Waals surface area contributed by atoms with Crippen LogP contribution in [-0.4, -0.2) is 38.4 Å². The fourth-order valence-electron chi connectivity index (χ4n) is 4.26. The molecule has 0 radical (unpaired) electrons. The van der Waals surface area contributed by atoms with E-state index in [4.69, 9.17) is 21.0 Å². The number of aryl methyl sites for hydroxylation is 1. The molecule has 9 heteroatoms. The molecule has 1 amide bonds. The van der Waals surface area contributed by atoms with Crippen LogP contribution in [0.15, 0.2) is 62.9 Å². The zero-order valence-electron chi connectivity index (χ0n) is 19.4. The number of oxazole rings is 1. The van der Waals surface area contributed by atoms with Gasteiger partial charge in [0.15, 0.2) is 5.16 Å². The Morgan fingerprint density at radius 1 is 1.09 bits per heavy atom. The lowest BCUT2D eigenvalue weighted by atomic mass is 10.2. The number of rotatable bonds is 8. The van der Waals surface area contributed by atoms with Crippen molar-refractivity contribution in [2.75, 3.05) is 13.1 Å². The number of thioether (sulfide) groups is 1. The van der Waals surface area contributed by atoms with Crippen LogP contribution < -0.4 is 5.56 Å². The number of aromatic nitrogens is 3. The van der Waals surface area contributed by atoms with E-state index in [9.17, 15) is 9.59 Å². The van der Waals surface area contributed by atoms with Gasteiger partial charge in [0.25, 0.3) is 5.56 Å². The molecule has 0 N–H and O–H groups in total. The lowest BCUT2D eigenvalue weighted by Crippen LogP contribution is -2.29. The van der Waals surface area contributed by atoms with E-state index in [-0.39, 0.29) is 11.5 Å².